The third-order valence-corrected chi connectivity index (χ3v) is 8.16. The van der Waals surface area contributed by atoms with Gasteiger partial charge >= 0.3 is 6.18 Å². The van der Waals surface area contributed by atoms with E-state index in [9.17, 15) is 27.2 Å². The van der Waals surface area contributed by atoms with Gasteiger partial charge in [0.1, 0.15) is 11.9 Å². The van der Waals surface area contributed by atoms with Crippen molar-refractivity contribution in [2.75, 3.05) is 42.5 Å². The Kier molecular flexibility index (Phi) is 11.3. The molecular formula is C37H37F4N5O2. The van der Waals surface area contributed by atoms with Crippen LogP contribution < -0.4 is 21.7 Å². The monoisotopic (exact) mass is 659 g/mol. The molecular weight excluding hydrogens is 622 g/mol. The van der Waals surface area contributed by atoms with Crippen molar-refractivity contribution in [1.29, 1.82) is 0 Å². The maximum Gasteiger partial charge on any atom is 0.416 e. The molecule has 1 heterocycles. The van der Waals surface area contributed by atoms with E-state index in [-0.39, 0.29) is 17.4 Å². The molecule has 1 aliphatic rings. The second kappa shape index (κ2) is 15.7. The molecule has 5 rings (SSSR count). The van der Waals surface area contributed by atoms with E-state index in [1.54, 1.807) is 54.6 Å². The van der Waals surface area contributed by atoms with Crippen molar-refractivity contribution in [2.45, 2.75) is 31.5 Å². The number of anilines is 3. The second-order valence-electron chi connectivity index (χ2n) is 11.6. The summed E-state index contributed by atoms with van der Waals surface area (Å²) in [5.74, 6) is -1.63. The van der Waals surface area contributed by atoms with Gasteiger partial charge in [0.25, 0.3) is 0 Å². The molecule has 1 aliphatic heterocycles. The molecule has 4 aromatic rings. The van der Waals surface area contributed by atoms with Gasteiger partial charge < -0.3 is 26.6 Å². The summed E-state index contributed by atoms with van der Waals surface area (Å²) in [5.41, 5.74) is 8.14. The number of nitrogens with two attached hydrogens (primary N) is 1. The van der Waals surface area contributed by atoms with Gasteiger partial charge in [-0.2, -0.15) is 13.2 Å². The fraction of sp³-hybridized carbons (Fsp3) is 0.243. The Balaban J connectivity index is 1.27. The molecule has 0 bridgehead atoms. The molecule has 1 atom stereocenters. The first-order chi connectivity index (χ1) is 23.1. The standard InChI is InChI=1S/C37H37F4N5O2/c38-31-24-28(37(39,40)41)15-18-30(31)26-13-16-29(17-14-26)44-36(48)35(43-20-23-46-21-4-1-5-22-46)27-11-8-25(9-12-27)10-19-34(47)45-33-7-3-2-6-32(33)42/h2-3,6-19,24,35,43H,1,4-5,20-23,42H2,(H,44,48)(H,45,47)/b19-10+. The summed E-state index contributed by atoms with van der Waals surface area (Å²) in [5, 5.41) is 9.02. The van der Waals surface area contributed by atoms with Crippen molar-refractivity contribution in [3.05, 3.63) is 120 Å². The summed E-state index contributed by atoms with van der Waals surface area (Å²) < 4.78 is 53.4. The summed E-state index contributed by atoms with van der Waals surface area (Å²) in [6.07, 6.45) is 1.96. The number of nitrogens with one attached hydrogen (secondary N) is 3. The molecule has 5 N–H and O–H groups in total. The van der Waals surface area contributed by atoms with Crippen molar-refractivity contribution in [3.63, 3.8) is 0 Å². The Bertz CT molecular complexity index is 1730. The van der Waals surface area contributed by atoms with E-state index in [1.807, 2.05) is 24.3 Å². The number of carbonyl (C=O) groups is 2. The molecule has 1 fully saturated rings. The number of rotatable bonds is 11. The number of nitrogen functional groups attached to an aromatic ring is 1. The number of halogens is 4. The molecule has 48 heavy (non-hydrogen) atoms. The van der Waals surface area contributed by atoms with Crippen LogP contribution in [0.25, 0.3) is 17.2 Å². The third kappa shape index (κ3) is 9.30. The topological polar surface area (TPSA) is 99.5 Å². The molecule has 0 aliphatic carbocycles. The van der Waals surface area contributed by atoms with Crippen molar-refractivity contribution < 1.29 is 27.2 Å². The van der Waals surface area contributed by atoms with Gasteiger partial charge in [0.15, 0.2) is 0 Å². The Morgan fingerprint density at radius 2 is 1.58 bits per heavy atom. The van der Waals surface area contributed by atoms with Gasteiger partial charge in [-0.3, -0.25) is 9.59 Å². The molecule has 0 saturated carbocycles. The van der Waals surface area contributed by atoms with Gasteiger partial charge in [0.2, 0.25) is 11.8 Å². The van der Waals surface area contributed by atoms with Gasteiger partial charge in [-0.15, -0.1) is 0 Å². The molecule has 7 nitrogen and oxygen atoms in total. The van der Waals surface area contributed by atoms with Crippen molar-refractivity contribution >= 4 is 35.0 Å². The number of carbonyl (C=O) groups excluding carboxylic acids is 2. The van der Waals surface area contributed by atoms with E-state index < -0.39 is 23.6 Å². The largest absolute Gasteiger partial charge is 0.416 e. The summed E-state index contributed by atoms with van der Waals surface area (Å²) in [6.45, 7) is 3.42. The van der Waals surface area contributed by atoms with Crippen LogP contribution in [0.5, 0.6) is 0 Å². The smallest absolute Gasteiger partial charge is 0.397 e. The van der Waals surface area contributed by atoms with Crippen LogP contribution in [0.3, 0.4) is 0 Å². The number of hydrogen-bond donors (Lipinski definition) is 4. The summed E-state index contributed by atoms with van der Waals surface area (Å²) in [6, 6.07) is 22.2. The number of piperidine rings is 1. The maximum atomic E-state index is 14.5. The summed E-state index contributed by atoms with van der Waals surface area (Å²) in [7, 11) is 0. The van der Waals surface area contributed by atoms with Gasteiger partial charge in [0.05, 0.1) is 16.9 Å². The van der Waals surface area contributed by atoms with Crippen LogP contribution in [0.2, 0.25) is 0 Å². The highest BCUT2D eigenvalue weighted by molar-refractivity contribution is 6.03. The van der Waals surface area contributed by atoms with Crippen LogP contribution in [0.4, 0.5) is 34.6 Å². The predicted molar refractivity (Wildman–Crippen MR) is 181 cm³/mol. The Hall–Kier alpha value is -5.00. The van der Waals surface area contributed by atoms with Crippen LogP contribution >= 0.6 is 0 Å². The molecule has 11 heteroatoms. The Morgan fingerprint density at radius 1 is 0.875 bits per heavy atom. The first-order valence-corrected chi connectivity index (χ1v) is 15.7. The van der Waals surface area contributed by atoms with Crippen LogP contribution in [0.1, 0.15) is 42.0 Å². The average Bonchev–Trinajstić information content (AvgIpc) is 3.07. The highest BCUT2D eigenvalue weighted by Crippen LogP contribution is 2.33. The number of benzene rings is 4. The van der Waals surface area contributed by atoms with Crippen LogP contribution in [0, 0.1) is 5.82 Å². The van der Waals surface area contributed by atoms with E-state index in [4.69, 9.17) is 5.73 Å². The van der Waals surface area contributed by atoms with Gasteiger partial charge in [0, 0.05) is 30.4 Å². The molecule has 250 valence electrons. The van der Waals surface area contributed by atoms with Crippen LogP contribution in [-0.2, 0) is 15.8 Å². The Morgan fingerprint density at radius 3 is 2.25 bits per heavy atom. The molecule has 0 radical (unpaired) electrons. The second-order valence-corrected chi connectivity index (χ2v) is 11.6. The zero-order valence-electron chi connectivity index (χ0n) is 26.2. The molecule has 1 unspecified atom stereocenters. The van der Waals surface area contributed by atoms with Crippen molar-refractivity contribution in [2.24, 2.45) is 0 Å². The van der Waals surface area contributed by atoms with E-state index >= 15 is 0 Å². The molecule has 0 aromatic heterocycles. The predicted octanol–water partition coefficient (Wildman–Crippen LogP) is 7.50. The molecule has 1 saturated heterocycles. The normalized spacial score (nSPS) is 14.5. The number of alkyl halides is 3. The lowest BCUT2D eigenvalue weighted by Gasteiger charge is -2.27. The molecule has 0 spiro atoms. The zero-order valence-corrected chi connectivity index (χ0v) is 26.2. The summed E-state index contributed by atoms with van der Waals surface area (Å²) in [4.78, 5) is 28.4. The number of likely N-dealkylation sites (tertiary alicyclic amines) is 1. The lowest BCUT2D eigenvalue weighted by atomic mass is 10.0. The quantitative estimate of drug-likeness (QED) is 0.0760. The lowest BCUT2D eigenvalue weighted by Crippen LogP contribution is -2.40. The highest BCUT2D eigenvalue weighted by atomic mass is 19.4. The lowest BCUT2D eigenvalue weighted by molar-refractivity contribution is -0.137. The maximum absolute atomic E-state index is 14.5. The van der Waals surface area contributed by atoms with E-state index in [0.29, 0.717) is 40.8 Å². The number of nitrogens with zero attached hydrogens (tertiary/aromatic N) is 1. The van der Waals surface area contributed by atoms with Gasteiger partial charge in [-0.05, 0) is 85.1 Å². The first-order valence-electron chi connectivity index (χ1n) is 15.7. The van der Waals surface area contributed by atoms with E-state index in [2.05, 4.69) is 20.9 Å². The fourth-order valence-corrected chi connectivity index (χ4v) is 5.54. The minimum atomic E-state index is -4.64. The van der Waals surface area contributed by atoms with E-state index in [1.165, 1.54) is 12.5 Å². The van der Waals surface area contributed by atoms with E-state index in [0.717, 1.165) is 50.2 Å². The van der Waals surface area contributed by atoms with Crippen LogP contribution in [-0.4, -0.2) is 42.9 Å². The molecule has 4 aromatic carbocycles. The van der Waals surface area contributed by atoms with Gasteiger partial charge in [-0.1, -0.05) is 61.0 Å². The van der Waals surface area contributed by atoms with Crippen molar-refractivity contribution in [3.8, 4) is 11.1 Å². The zero-order chi connectivity index (χ0) is 34.1. The van der Waals surface area contributed by atoms with Crippen LogP contribution in [0.15, 0.2) is 97.1 Å². The minimum Gasteiger partial charge on any atom is -0.397 e. The first kappa shape index (κ1) is 34.3. The minimum absolute atomic E-state index is 0.0222. The molecule has 2 amide bonds. The number of amides is 2. The Labute approximate surface area is 276 Å². The number of hydrogen-bond acceptors (Lipinski definition) is 5. The number of para-hydroxylation sites is 2. The average molecular weight is 660 g/mol. The summed E-state index contributed by atoms with van der Waals surface area (Å²) >= 11 is 0. The van der Waals surface area contributed by atoms with Crippen molar-refractivity contribution in [1.82, 2.24) is 10.2 Å². The third-order valence-electron chi connectivity index (χ3n) is 8.16. The fourth-order valence-electron chi connectivity index (χ4n) is 5.54. The highest BCUT2D eigenvalue weighted by Gasteiger charge is 2.31. The van der Waals surface area contributed by atoms with Gasteiger partial charge in [-0.25, -0.2) is 4.39 Å². The SMILES string of the molecule is Nc1ccccc1NC(=O)/C=C/c1ccc(C(NCCN2CCCCC2)C(=O)Nc2ccc(-c3ccc(C(F)(F)F)cc3F)cc2)cc1.